The average Bonchev–Trinajstić information content (AvgIpc) is 3.36. The highest BCUT2D eigenvalue weighted by molar-refractivity contribution is 6.01. The summed E-state index contributed by atoms with van der Waals surface area (Å²) in [5.41, 5.74) is 4.33. The predicted molar refractivity (Wildman–Crippen MR) is 123 cm³/mol. The molecule has 0 radical (unpaired) electrons. The van der Waals surface area contributed by atoms with Gasteiger partial charge in [-0.25, -0.2) is 9.59 Å². The number of urea groups is 1. The lowest BCUT2D eigenvalue weighted by Crippen LogP contribution is -2.43. The fourth-order valence-corrected chi connectivity index (χ4v) is 4.53. The van der Waals surface area contributed by atoms with Crippen LogP contribution in [0.4, 0.5) is 9.59 Å². The predicted octanol–water partition coefficient (Wildman–Crippen LogP) is 3.43. The van der Waals surface area contributed by atoms with Gasteiger partial charge in [0.25, 0.3) is 0 Å². The normalized spacial score (nSPS) is 19.9. The van der Waals surface area contributed by atoms with Gasteiger partial charge >= 0.3 is 12.1 Å². The van der Waals surface area contributed by atoms with E-state index in [1.807, 2.05) is 48.7 Å². The van der Waals surface area contributed by atoms with Crippen molar-refractivity contribution < 1.29 is 19.1 Å². The fourth-order valence-electron chi connectivity index (χ4n) is 4.53. The van der Waals surface area contributed by atoms with Crippen LogP contribution in [-0.4, -0.2) is 47.0 Å². The zero-order valence-electron chi connectivity index (χ0n) is 18.2. The van der Waals surface area contributed by atoms with Gasteiger partial charge in [-0.2, -0.15) is 0 Å². The number of hydrogen-bond acceptors (Lipinski definition) is 4. The number of H-pyrrole nitrogens is 1. The van der Waals surface area contributed by atoms with E-state index in [0.717, 1.165) is 34.9 Å². The molecule has 2 aromatic carbocycles. The molecule has 170 valence electrons. The summed E-state index contributed by atoms with van der Waals surface area (Å²) in [5.74, 6) is 0.179. The van der Waals surface area contributed by atoms with Crippen molar-refractivity contribution in [2.75, 3.05) is 13.1 Å². The Kier molecular flexibility index (Phi) is 5.73. The molecule has 0 spiro atoms. The number of ether oxygens (including phenoxy) is 1. The third-order valence-corrected chi connectivity index (χ3v) is 6.45. The summed E-state index contributed by atoms with van der Waals surface area (Å²) >= 11 is 0. The Labute approximate surface area is 191 Å². The highest BCUT2D eigenvalue weighted by atomic mass is 16.5. The van der Waals surface area contributed by atoms with Gasteiger partial charge in [0, 0.05) is 29.7 Å². The minimum Gasteiger partial charge on any atom is -0.445 e. The van der Waals surface area contributed by atoms with Crippen LogP contribution in [0, 0.1) is 0 Å². The first kappa shape index (κ1) is 21.1. The maximum absolute atomic E-state index is 12.1. The van der Waals surface area contributed by atoms with Crippen molar-refractivity contribution in [3.63, 3.8) is 0 Å². The molecule has 3 N–H and O–H groups in total. The van der Waals surface area contributed by atoms with E-state index in [-0.39, 0.29) is 37.2 Å². The van der Waals surface area contributed by atoms with Crippen molar-refractivity contribution in [1.29, 1.82) is 0 Å². The lowest BCUT2D eigenvalue weighted by Gasteiger charge is -2.35. The van der Waals surface area contributed by atoms with Crippen LogP contribution in [0.5, 0.6) is 0 Å². The van der Waals surface area contributed by atoms with Gasteiger partial charge in [-0.3, -0.25) is 9.69 Å². The molecule has 1 aliphatic carbocycles. The molecule has 0 atom stereocenters. The molecule has 1 aromatic heterocycles. The number of rotatable bonds is 7. The molecule has 5 rings (SSSR count). The quantitative estimate of drug-likeness (QED) is 0.484. The Morgan fingerprint density at radius 2 is 1.91 bits per heavy atom. The minimum absolute atomic E-state index is 0.0799. The zero-order valence-corrected chi connectivity index (χ0v) is 18.2. The number of imide groups is 1. The molecule has 1 saturated heterocycles. The summed E-state index contributed by atoms with van der Waals surface area (Å²) in [6, 6.07) is 15.6. The monoisotopic (exact) mass is 446 g/mol. The number of alkyl carbamates (subject to hydrolysis) is 1. The van der Waals surface area contributed by atoms with Gasteiger partial charge in [0.2, 0.25) is 5.91 Å². The van der Waals surface area contributed by atoms with Crippen LogP contribution in [0.25, 0.3) is 10.9 Å². The first-order valence-electron chi connectivity index (χ1n) is 11.2. The van der Waals surface area contributed by atoms with Crippen LogP contribution in [0.15, 0.2) is 54.7 Å². The summed E-state index contributed by atoms with van der Waals surface area (Å²) in [6.45, 7) is 0.714. The minimum atomic E-state index is -0.385. The first-order chi connectivity index (χ1) is 16.1. The molecule has 8 heteroatoms. The number of hydrogen-bond donors (Lipinski definition) is 3. The molecule has 2 aliphatic rings. The van der Waals surface area contributed by atoms with E-state index >= 15 is 0 Å². The van der Waals surface area contributed by atoms with Crippen LogP contribution < -0.4 is 10.6 Å². The fraction of sp³-hybridized carbons (Fsp3) is 0.320. The Hall–Kier alpha value is -3.81. The maximum Gasteiger partial charge on any atom is 0.407 e. The Morgan fingerprint density at radius 3 is 2.67 bits per heavy atom. The number of aromatic nitrogens is 1. The van der Waals surface area contributed by atoms with E-state index < -0.39 is 0 Å². The molecule has 0 bridgehead atoms. The van der Waals surface area contributed by atoms with Crippen molar-refractivity contribution in [1.82, 2.24) is 20.5 Å². The van der Waals surface area contributed by atoms with Crippen LogP contribution in [-0.2, 0) is 22.6 Å². The number of amides is 4. The summed E-state index contributed by atoms with van der Waals surface area (Å²) < 4.78 is 5.32. The lowest BCUT2D eigenvalue weighted by molar-refractivity contribution is -0.124. The number of nitrogens with zero attached hydrogens (tertiary/aromatic N) is 1. The van der Waals surface area contributed by atoms with Gasteiger partial charge in [0.1, 0.15) is 6.61 Å². The third-order valence-electron chi connectivity index (χ3n) is 6.45. The Morgan fingerprint density at radius 1 is 1.09 bits per heavy atom. The molecule has 2 heterocycles. The van der Waals surface area contributed by atoms with Crippen LogP contribution in [0.2, 0.25) is 0 Å². The summed E-state index contributed by atoms with van der Waals surface area (Å²) in [5, 5.41) is 6.65. The number of carbonyl (C=O) groups is 3. The molecule has 1 aliphatic heterocycles. The largest absolute Gasteiger partial charge is 0.445 e. The maximum atomic E-state index is 12.1. The molecular formula is C25H26N4O4. The van der Waals surface area contributed by atoms with Gasteiger partial charge in [-0.1, -0.05) is 36.4 Å². The van der Waals surface area contributed by atoms with E-state index in [1.54, 1.807) is 0 Å². The molecule has 3 aromatic rings. The standard InChI is InChI=1S/C25H26N4O4/c30-23-14-27-24(31)29(23)9-8-16-6-7-22-20(10-16)21(13-26-22)18-11-19(12-18)28-25(32)33-15-17-4-2-1-3-5-17/h1-7,10,13,18-19,26H,8-9,11-12,14-15H2,(H,27,31)(H,28,32). The molecule has 1 saturated carbocycles. The molecular weight excluding hydrogens is 420 g/mol. The topological polar surface area (TPSA) is 104 Å². The van der Waals surface area contributed by atoms with Gasteiger partial charge < -0.3 is 20.4 Å². The smallest absolute Gasteiger partial charge is 0.407 e. The van der Waals surface area contributed by atoms with Gasteiger partial charge in [-0.15, -0.1) is 0 Å². The van der Waals surface area contributed by atoms with Crippen molar-refractivity contribution in [3.8, 4) is 0 Å². The first-order valence-corrected chi connectivity index (χ1v) is 11.2. The van der Waals surface area contributed by atoms with Gasteiger partial charge in [0.05, 0.1) is 6.54 Å². The summed E-state index contributed by atoms with van der Waals surface area (Å²) in [7, 11) is 0. The second-order valence-electron chi connectivity index (χ2n) is 8.65. The number of fused-ring (bicyclic) bond motifs is 1. The second kappa shape index (κ2) is 8.97. The summed E-state index contributed by atoms with van der Waals surface area (Å²) in [4.78, 5) is 40.2. The molecule has 4 amide bonds. The third kappa shape index (κ3) is 4.55. The molecule has 8 nitrogen and oxygen atoms in total. The number of nitrogens with one attached hydrogen (secondary N) is 3. The average molecular weight is 447 g/mol. The summed E-state index contributed by atoms with van der Waals surface area (Å²) in [6.07, 6.45) is 3.99. The Bertz CT molecular complexity index is 1170. The SMILES string of the molecule is O=C(NC1CC(c2c[nH]c3ccc(CCN4C(=O)CNC4=O)cc23)C1)OCc1ccccc1. The van der Waals surface area contributed by atoms with E-state index in [4.69, 9.17) is 4.74 Å². The van der Waals surface area contributed by atoms with E-state index in [0.29, 0.717) is 18.9 Å². The highest BCUT2D eigenvalue weighted by Gasteiger charge is 2.33. The zero-order chi connectivity index (χ0) is 22.8. The lowest BCUT2D eigenvalue weighted by atomic mass is 9.76. The number of benzene rings is 2. The molecule has 33 heavy (non-hydrogen) atoms. The van der Waals surface area contributed by atoms with Gasteiger partial charge in [0.15, 0.2) is 0 Å². The second-order valence-corrected chi connectivity index (χ2v) is 8.65. The highest BCUT2D eigenvalue weighted by Crippen LogP contribution is 2.40. The van der Waals surface area contributed by atoms with Crippen LogP contribution in [0.1, 0.15) is 35.4 Å². The van der Waals surface area contributed by atoms with E-state index in [2.05, 4.69) is 21.7 Å². The number of carbonyl (C=O) groups excluding carboxylic acids is 3. The number of aromatic amines is 1. The van der Waals surface area contributed by atoms with Crippen molar-refractivity contribution >= 4 is 28.9 Å². The van der Waals surface area contributed by atoms with Crippen LogP contribution in [0.3, 0.4) is 0 Å². The Balaban J connectivity index is 1.15. The molecule has 2 fully saturated rings. The van der Waals surface area contributed by atoms with Crippen molar-refractivity contribution in [3.05, 3.63) is 71.4 Å². The van der Waals surface area contributed by atoms with Crippen LogP contribution >= 0.6 is 0 Å². The molecule has 0 unspecified atom stereocenters. The van der Waals surface area contributed by atoms with E-state index in [1.165, 1.54) is 10.5 Å². The van der Waals surface area contributed by atoms with Crippen molar-refractivity contribution in [2.45, 2.75) is 37.8 Å². The van der Waals surface area contributed by atoms with E-state index in [9.17, 15) is 14.4 Å². The van der Waals surface area contributed by atoms with Gasteiger partial charge in [-0.05, 0) is 54.0 Å². The van der Waals surface area contributed by atoms with Crippen molar-refractivity contribution in [2.24, 2.45) is 0 Å².